The highest BCUT2D eigenvalue weighted by molar-refractivity contribution is 9.10. The van der Waals surface area contributed by atoms with Gasteiger partial charge in [-0.15, -0.1) is 0 Å². The van der Waals surface area contributed by atoms with E-state index in [4.69, 9.17) is 5.73 Å². The van der Waals surface area contributed by atoms with Crippen LogP contribution in [0.1, 0.15) is 38.7 Å². The molecule has 2 unspecified atom stereocenters. The summed E-state index contributed by atoms with van der Waals surface area (Å²) in [6.07, 6.45) is 3.80. The molecule has 1 aromatic carbocycles. The van der Waals surface area contributed by atoms with E-state index in [0.717, 1.165) is 4.47 Å². The first-order valence-electron chi connectivity index (χ1n) is 6.44. The van der Waals surface area contributed by atoms with Gasteiger partial charge in [-0.2, -0.15) is 0 Å². The number of benzene rings is 1. The molecule has 1 aliphatic rings. The molecule has 1 aliphatic heterocycles. The minimum atomic E-state index is 0.594. The molecule has 1 saturated heterocycles. The van der Waals surface area contributed by atoms with Crippen molar-refractivity contribution in [2.75, 3.05) is 4.90 Å². The van der Waals surface area contributed by atoms with Gasteiger partial charge in [-0.25, -0.2) is 0 Å². The SMILES string of the molecule is CCC1CCC(C)N1c1cccc(Br)c1CN. The molecular weight excluding hydrogens is 276 g/mol. The number of rotatable bonds is 3. The van der Waals surface area contributed by atoms with Crippen molar-refractivity contribution in [3.63, 3.8) is 0 Å². The highest BCUT2D eigenvalue weighted by atomic mass is 79.9. The topological polar surface area (TPSA) is 29.3 Å². The summed E-state index contributed by atoms with van der Waals surface area (Å²) in [6, 6.07) is 7.69. The monoisotopic (exact) mass is 296 g/mol. The van der Waals surface area contributed by atoms with E-state index >= 15 is 0 Å². The van der Waals surface area contributed by atoms with Crippen LogP contribution < -0.4 is 10.6 Å². The minimum absolute atomic E-state index is 0.594. The van der Waals surface area contributed by atoms with E-state index in [1.807, 2.05) is 0 Å². The van der Waals surface area contributed by atoms with Crippen molar-refractivity contribution in [1.29, 1.82) is 0 Å². The molecule has 0 aromatic heterocycles. The van der Waals surface area contributed by atoms with Crippen molar-refractivity contribution in [1.82, 2.24) is 0 Å². The molecule has 1 fully saturated rings. The van der Waals surface area contributed by atoms with Crippen LogP contribution in [-0.2, 0) is 6.54 Å². The van der Waals surface area contributed by atoms with Gasteiger partial charge in [0.05, 0.1) is 0 Å². The van der Waals surface area contributed by atoms with Gasteiger partial charge < -0.3 is 10.6 Å². The number of nitrogens with zero attached hydrogens (tertiary/aromatic N) is 1. The molecule has 0 saturated carbocycles. The van der Waals surface area contributed by atoms with Crippen LogP contribution in [-0.4, -0.2) is 12.1 Å². The molecule has 0 radical (unpaired) electrons. The molecule has 2 N–H and O–H groups in total. The van der Waals surface area contributed by atoms with Crippen LogP contribution in [0.5, 0.6) is 0 Å². The van der Waals surface area contributed by atoms with E-state index in [1.165, 1.54) is 30.5 Å². The van der Waals surface area contributed by atoms with Gasteiger partial charge in [-0.05, 0) is 38.3 Å². The smallest absolute Gasteiger partial charge is 0.0428 e. The number of nitrogens with two attached hydrogens (primary N) is 1. The Balaban J connectivity index is 2.41. The summed E-state index contributed by atoms with van der Waals surface area (Å²) in [5.74, 6) is 0. The Morgan fingerprint density at radius 3 is 2.82 bits per heavy atom. The lowest BCUT2D eigenvalue weighted by molar-refractivity contribution is 0.625. The first-order chi connectivity index (χ1) is 8.19. The van der Waals surface area contributed by atoms with Crippen molar-refractivity contribution in [3.05, 3.63) is 28.2 Å². The van der Waals surface area contributed by atoms with Crippen LogP contribution in [0.4, 0.5) is 5.69 Å². The fourth-order valence-electron chi connectivity index (χ4n) is 2.90. The molecule has 0 aliphatic carbocycles. The number of hydrogen-bond acceptors (Lipinski definition) is 2. The predicted octanol–water partition coefficient (Wildman–Crippen LogP) is 3.68. The molecule has 2 atom stereocenters. The van der Waals surface area contributed by atoms with Crippen LogP contribution in [0.3, 0.4) is 0 Å². The third-order valence-electron chi connectivity index (χ3n) is 3.83. The molecular formula is C14H21BrN2. The fourth-order valence-corrected chi connectivity index (χ4v) is 3.42. The quantitative estimate of drug-likeness (QED) is 0.922. The maximum absolute atomic E-state index is 5.89. The van der Waals surface area contributed by atoms with Crippen LogP contribution >= 0.6 is 15.9 Å². The van der Waals surface area contributed by atoms with Crippen molar-refractivity contribution in [2.45, 2.75) is 51.7 Å². The summed E-state index contributed by atoms with van der Waals surface area (Å²) in [5.41, 5.74) is 8.45. The van der Waals surface area contributed by atoms with Gasteiger partial charge in [0.2, 0.25) is 0 Å². The molecule has 0 spiro atoms. The van der Waals surface area contributed by atoms with Crippen LogP contribution in [0.25, 0.3) is 0 Å². The summed E-state index contributed by atoms with van der Waals surface area (Å²) in [7, 11) is 0. The zero-order valence-corrected chi connectivity index (χ0v) is 12.2. The Morgan fingerprint density at radius 2 is 2.18 bits per heavy atom. The van der Waals surface area contributed by atoms with E-state index in [9.17, 15) is 0 Å². The lowest BCUT2D eigenvalue weighted by atomic mass is 10.1. The van der Waals surface area contributed by atoms with Gasteiger partial charge in [0.1, 0.15) is 0 Å². The lowest BCUT2D eigenvalue weighted by Crippen LogP contribution is -2.35. The first kappa shape index (κ1) is 12.9. The number of halogens is 1. The van der Waals surface area contributed by atoms with Gasteiger partial charge in [0, 0.05) is 34.4 Å². The lowest BCUT2D eigenvalue weighted by Gasteiger charge is -2.32. The van der Waals surface area contributed by atoms with Crippen molar-refractivity contribution in [2.24, 2.45) is 5.73 Å². The van der Waals surface area contributed by atoms with E-state index in [1.54, 1.807) is 0 Å². The van der Waals surface area contributed by atoms with Gasteiger partial charge in [-0.3, -0.25) is 0 Å². The van der Waals surface area contributed by atoms with Crippen LogP contribution in [0.2, 0.25) is 0 Å². The largest absolute Gasteiger partial charge is 0.366 e. The van der Waals surface area contributed by atoms with Crippen molar-refractivity contribution >= 4 is 21.6 Å². The maximum Gasteiger partial charge on any atom is 0.0428 e. The van der Waals surface area contributed by atoms with Gasteiger partial charge >= 0.3 is 0 Å². The highest BCUT2D eigenvalue weighted by Gasteiger charge is 2.30. The molecule has 3 heteroatoms. The standard InChI is InChI=1S/C14H21BrN2/c1-3-11-8-7-10(2)17(11)14-6-4-5-13(15)12(14)9-16/h4-6,10-11H,3,7-9,16H2,1-2H3. The van der Waals surface area contributed by atoms with Gasteiger partial charge in [-0.1, -0.05) is 28.9 Å². The Bertz CT molecular complexity index is 392. The van der Waals surface area contributed by atoms with Gasteiger partial charge in [0.25, 0.3) is 0 Å². The van der Waals surface area contributed by atoms with Gasteiger partial charge in [0.15, 0.2) is 0 Å². The zero-order chi connectivity index (χ0) is 12.4. The zero-order valence-electron chi connectivity index (χ0n) is 10.6. The Kier molecular flexibility index (Phi) is 4.10. The normalized spacial score (nSPS) is 24.4. The van der Waals surface area contributed by atoms with E-state index in [2.05, 4.69) is 52.9 Å². The second kappa shape index (κ2) is 5.40. The third kappa shape index (κ3) is 2.36. The molecule has 1 aromatic rings. The van der Waals surface area contributed by atoms with E-state index in [-0.39, 0.29) is 0 Å². The second-order valence-electron chi connectivity index (χ2n) is 4.84. The predicted molar refractivity (Wildman–Crippen MR) is 77.3 cm³/mol. The van der Waals surface area contributed by atoms with Crippen LogP contribution in [0.15, 0.2) is 22.7 Å². The first-order valence-corrected chi connectivity index (χ1v) is 7.24. The van der Waals surface area contributed by atoms with E-state index < -0.39 is 0 Å². The molecule has 1 heterocycles. The summed E-state index contributed by atoms with van der Waals surface area (Å²) in [6.45, 7) is 5.18. The van der Waals surface area contributed by atoms with Crippen molar-refractivity contribution in [3.8, 4) is 0 Å². The Morgan fingerprint density at radius 1 is 1.41 bits per heavy atom. The molecule has 0 amide bonds. The number of anilines is 1. The summed E-state index contributed by atoms with van der Waals surface area (Å²) >= 11 is 3.61. The Hall–Kier alpha value is -0.540. The van der Waals surface area contributed by atoms with E-state index in [0.29, 0.717) is 18.6 Å². The number of hydrogen-bond donors (Lipinski definition) is 1. The summed E-state index contributed by atoms with van der Waals surface area (Å²) in [5, 5.41) is 0. The minimum Gasteiger partial charge on any atom is -0.366 e. The highest BCUT2D eigenvalue weighted by Crippen LogP contribution is 2.36. The molecule has 0 bridgehead atoms. The third-order valence-corrected chi connectivity index (χ3v) is 4.58. The molecule has 2 nitrogen and oxygen atoms in total. The fraction of sp³-hybridized carbons (Fsp3) is 0.571. The summed E-state index contributed by atoms with van der Waals surface area (Å²) < 4.78 is 1.13. The second-order valence-corrected chi connectivity index (χ2v) is 5.69. The van der Waals surface area contributed by atoms with Crippen LogP contribution in [0, 0.1) is 0 Å². The summed E-state index contributed by atoms with van der Waals surface area (Å²) in [4.78, 5) is 2.56. The molecule has 94 valence electrons. The average Bonchev–Trinajstić information content (AvgIpc) is 2.70. The molecule has 2 rings (SSSR count). The van der Waals surface area contributed by atoms with Crippen molar-refractivity contribution < 1.29 is 0 Å². The maximum atomic E-state index is 5.89. The molecule has 17 heavy (non-hydrogen) atoms. The average molecular weight is 297 g/mol. The Labute approximate surface area is 112 Å².